The van der Waals surface area contributed by atoms with E-state index in [4.69, 9.17) is 11.6 Å². The first-order chi connectivity index (χ1) is 18.4. The lowest BCUT2D eigenvalue weighted by Gasteiger charge is -2.10. The van der Waals surface area contributed by atoms with Crippen molar-refractivity contribution >= 4 is 49.8 Å². The number of ketones is 1. The first-order valence-corrected chi connectivity index (χ1v) is 13.2. The number of nitrogens with zero attached hydrogens (tertiary/aromatic N) is 3. The van der Waals surface area contributed by atoms with Crippen molar-refractivity contribution in [3.8, 4) is 5.69 Å². The van der Waals surface area contributed by atoms with Crippen LogP contribution >= 0.6 is 11.6 Å². The monoisotopic (exact) mass is 573 g/mol. The van der Waals surface area contributed by atoms with E-state index in [0.29, 0.717) is 0 Å². The fourth-order valence-corrected chi connectivity index (χ4v) is 4.79. The molecule has 3 aromatic heterocycles. The Bertz CT molecular complexity index is 1900. The molecular formula is C25H15ClF3N5O4S. The van der Waals surface area contributed by atoms with Crippen molar-refractivity contribution in [2.24, 2.45) is 0 Å². The summed E-state index contributed by atoms with van der Waals surface area (Å²) in [6.07, 6.45) is 3.45. The van der Waals surface area contributed by atoms with Gasteiger partial charge in [0, 0.05) is 35.7 Å². The van der Waals surface area contributed by atoms with Gasteiger partial charge in [-0.25, -0.2) is 31.3 Å². The summed E-state index contributed by atoms with van der Waals surface area (Å²) >= 11 is 5.94. The fraction of sp³-hybridized carbons (Fsp3) is 0.0400. The maximum absolute atomic E-state index is 15.4. The molecule has 0 fully saturated rings. The van der Waals surface area contributed by atoms with E-state index in [1.807, 2.05) is 0 Å². The largest absolute Gasteiger partial charge is 0.345 e. The smallest absolute Gasteiger partial charge is 0.276 e. The number of hydrogen-bond acceptors (Lipinski definition) is 6. The molecule has 0 bridgehead atoms. The Hall–Kier alpha value is -4.49. The normalized spacial score (nSPS) is 11.6. The van der Waals surface area contributed by atoms with E-state index in [9.17, 15) is 26.8 Å². The van der Waals surface area contributed by atoms with Gasteiger partial charge in [-0.2, -0.15) is 5.10 Å². The van der Waals surface area contributed by atoms with E-state index in [1.165, 1.54) is 30.6 Å². The van der Waals surface area contributed by atoms with Crippen LogP contribution in [-0.4, -0.2) is 46.1 Å². The van der Waals surface area contributed by atoms with Gasteiger partial charge < -0.3 is 10.3 Å². The number of sulfone groups is 1. The lowest BCUT2D eigenvalue weighted by atomic mass is 10.0. The molecule has 2 aromatic carbocycles. The summed E-state index contributed by atoms with van der Waals surface area (Å²) < 4.78 is 69.0. The van der Waals surface area contributed by atoms with Crippen LogP contribution in [0.15, 0.2) is 66.0 Å². The Kier molecular flexibility index (Phi) is 6.48. The van der Waals surface area contributed by atoms with Crippen molar-refractivity contribution in [1.29, 1.82) is 0 Å². The Morgan fingerprint density at radius 1 is 1.05 bits per heavy atom. The summed E-state index contributed by atoms with van der Waals surface area (Å²) in [4.78, 5) is 32.8. The van der Waals surface area contributed by atoms with Crippen molar-refractivity contribution < 1.29 is 31.2 Å². The number of carbonyl (C=O) groups excluding carboxylic acids is 2. The van der Waals surface area contributed by atoms with Gasteiger partial charge in [-0.05, 0) is 42.5 Å². The molecular weight excluding hydrogens is 559 g/mol. The molecule has 0 atom stereocenters. The van der Waals surface area contributed by atoms with E-state index in [2.05, 4.69) is 20.4 Å². The standard InChI is InChI=1S/C25H15ClF3N5O4S/c1-39(37,38)20-9-19(33-34(20)14-4-2-13(27)3-5-14)25(36)32-18-7-6-17(28)21(22(18)29)23(35)16-11-31-24-15(16)8-12(26)10-30-24/h2-11H,1H3,(H,30,31)(H,32,36). The SMILES string of the molecule is CS(=O)(=O)c1cc(C(=O)Nc2ccc(F)c(C(=O)c3c[nH]c4ncc(Cl)cc34)c2F)nn1-c1ccc(F)cc1. The molecule has 5 aromatic rings. The quantitative estimate of drug-likeness (QED) is 0.283. The van der Waals surface area contributed by atoms with Crippen LogP contribution in [0, 0.1) is 17.5 Å². The van der Waals surface area contributed by atoms with Gasteiger partial charge in [-0.3, -0.25) is 9.59 Å². The highest BCUT2D eigenvalue weighted by Gasteiger charge is 2.27. The summed E-state index contributed by atoms with van der Waals surface area (Å²) in [5.74, 6) is -5.20. The van der Waals surface area contributed by atoms with Crippen LogP contribution in [0.1, 0.15) is 26.4 Å². The average molecular weight is 574 g/mol. The summed E-state index contributed by atoms with van der Waals surface area (Å²) in [6.45, 7) is 0. The van der Waals surface area contributed by atoms with Crippen LogP contribution in [0.3, 0.4) is 0 Å². The first kappa shape index (κ1) is 26.1. The summed E-state index contributed by atoms with van der Waals surface area (Å²) in [5.41, 5.74) is -1.62. The van der Waals surface area contributed by atoms with Gasteiger partial charge in [0.25, 0.3) is 5.91 Å². The Labute approximate surface area is 223 Å². The zero-order chi connectivity index (χ0) is 28.1. The number of aromatic amines is 1. The molecule has 0 aliphatic rings. The number of benzene rings is 2. The van der Waals surface area contributed by atoms with Crippen molar-refractivity contribution in [2.75, 3.05) is 11.6 Å². The molecule has 0 aliphatic carbocycles. The van der Waals surface area contributed by atoms with Gasteiger partial charge in [0.05, 0.1) is 22.0 Å². The van der Waals surface area contributed by atoms with Crippen LogP contribution in [0.2, 0.25) is 5.02 Å². The fourth-order valence-electron chi connectivity index (χ4n) is 3.85. The van der Waals surface area contributed by atoms with E-state index in [1.54, 1.807) is 0 Å². The first-order valence-electron chi connectivity index (χ1n) is 11.0. The highest BCUT2D eigenvalue weighted by atomic mass is 35.5. The summed E-state index contributed by atoms with van der Waals surface area (Å²) in [6, 6.07) is 8.72. The van der Waals surface area contributed by atoms with Gasteiger partial charge in [0.1, 0.15) is 17.3 Å². The van der Waals surface area contributed by atoms with Crippen LogP contribution in [0.4, 0.5) is 18.9 Å². The maximum Gasteiger partial charge on any atom is 0.276 e. The number of carbonyl (C=O) groups is 2. The third kappa shape index (κ3) is 4.89. The number of pyridine rings is 1. The molecule has 0 unspecified atom stereocenters. The number of anilines is 1. The minimum atomic E-state index is -3.91. The van der Waals surface area contributed by atoms with Crippen molar-refractivity contribution in [3.63, 3.8) is 0 Å². The van der Waals surface area contributed by atoms with E-state index >= 15 is 4.39 Å². The zero-order valence-electron chi connectivity index (χ0n) is 19.7. The Morgan fingerprint density at radius 3 is 2.46 bits per heavy atom. The maximum atomic E-state index is 15.4. The number of hydrogen-bond donors (Lipinski definition) is 2. The second kappa shape index (κ2) is 9.67. The summed E-state index contributed by atoms with van der Waals surface area (Å²) in [5, 5.41) is 6.21. The molecule has 0 saturated carbocycles. The number of rotatable bonds is 6. The molecule has 14 heteroatoms. The van der Waals surface area contributed by atoms with Gasteiger partial charge >= 0.3 is 0 Å². The Morgan fingerprint density at radius 2 is 1.77 bits per heavy atom. The predicted octanol–water partition coefficient (Wildman–Crippen LogP) is 4.71. The number of aromatic nitrogens is 4. The van der Waals surface area contributed by atoms with Crippen LogP contribution in [-0.2, 0) is 9.84 Å². The highest BCUT2D eigenvalue weighted by Crippen LogP contribution is 2.28. The van der Waals surface area contributed by atoms with Crippen LogP contribution in [0.5, 0.6) is 0 Å². The summed E-state index contributed by atoms with van der Waals surface area (Å²) in [7, 11) is -3.91. The minimum Gasteiger partial charge on any atom is -0.345 e. The van der Waals surface area contributed by atoms with E-state index < -0.39 is 55.9 Å². The molecule has 0 radical (unpaired) electrons. The number of amides is 1. The number of H-pyrrole nitrogens is 1. The van der Waals surface area contributed by atoms with Gasteiger partial charge in [-0.15, -0.1) is 0 Å². The average Bonchev–Trinajstić information content (AvgIpc) is 3.51. The molecule has 0 spiro atoms. The van der Waals surface area contributed by atoms with Gasteiger partial charge in [-0.1, -0.05) is 11.6 Å². The number of halogens is 4. The molecule has 9 nitrogen and oxygen atoms in total. The Balaban J connectivity index is 1.51. The molecule has 198 valence electrons. The topological polar surface area (TPSA) is 127 Å². The molecule has 3 heterocycles. The molecule has 0 saturated heterocycles. The van der Waals surface area contributed by atoms with Crippen molar-refractivity contribution in [3.05, 3.63) is 100 Å². The second-order valence-corrected chi connectivity index (χ2v) is 10.7. The number of fused-ring (bicyclic) bond motifs is 1. The van der Waals surface area contributed by atoms with Crippen molar-refractivity contribution in [1.82, 2.24) is 19.7 Å². The highest BCUT2D eigenvalue weighted by molar-refractivity contribution is 7.90. The molecule has 2 N–H and O–H groups in total. The number of nitrogens with one attached hydrogen (secondary N) is 2. The third-order valence-corrected chi connectivity index (χ3v) is 6.93. The second-order valence-electron chi connectivity index (χ2n) is 8.35. The lowest BCUT2D eigenvalue weighted by molar-refractivity contribution is 0.101. The van der Waals surface area contributed by atoms with Crippen LogP contribution < -0.4 is 5.32 Å². The predicted molar refractivity (Wildman–Crippen MR) is 135 cm³/mol. The van der Waals surface area contributed by atoms with E-state index in [0.717, 1.165) is 41.3 Å². The van der Waals surface area contributed by atoms with E-state index in [-0.39, 0.29) is 32.3 Å². The molecule has 0 aliphatic heterocycles. The van der Waals surface area contributed by atoms with Gasteiger partial charge in [0.2, 0.25) is 5.78 Å². The molecule has 39 heavy (non-hydrogen) atoms. The molecule has 1 amide bonds. The third-order valence-electron chi connectivity index (χ3n) is 5.67. The van der Waals surface area contributed by atoms with Crippen molar-refractivity contribution in [2.45, 2.75) is 5.03 Å². The zero-order valence-corrected chi connectivity index (χ0v) is 21.2. The lowest BCUT2D eigenvalue weighted by Crippen LogP contribution is -2.16. The minimum absolute atomic E-state index is 0.0999. The van der Waals surface area contributed by atoms with Crippen LogP contribution in [0.25, 0.3) is 16.7 Å². The van der Waals surface area contributed by atoms with Gasteiger partial charge in [0.15, 0.2) is 26.4 Å². The molecule has 5 rings (SSSR count).